The number of halogens is 2. The van der Waals surface area contributed by atoms with Crippen molar-refractivity contribution >= 4 is 5.91 Å². The van der Waals surface area contributed by atoms with Gasteiger partial charge in [0.05, 0.1) is 25.0 Å². The summed E-state index contributed by atoms with van der Waals surface area (Å²) in [5.41, 5.74) is 6.04. The molecule has 0 bridgehead atoms. The van der Waals surface area contributed by atoms with Crippen molar-refractivity contribution in [3.8, 4) is 0 Å². The third kappa shape index (κ3) is 4.82. The van der Waals surface area contributed by atoms with E-state index in [9.17, 15) is 13.6 Å². The van der Waals surface area contributed by atoms with Gasteiger partial charge in [0.25, 0.3) is 0 Å². The molecule has 1 amide bonds. The van der Waals surface area contributed by atoms with Crippen LogP contribution < -0.4 is 26.8 Å². The van der Waals surface area contributed by atoms with E-state index in [0.29, 0.717) is 12.0 Å². The van der Waals surface area contributed by atoms with E-state index >= 15 is 0 Å². The van der Waals surface area contributed by atoms with E-state index in [1.807, 2.05) is 7.05 Å². The highest BCUT2D eigenvalue weighted by Gasteiger charge is 2.60. The van der Waals surface area contributed by atoms with Crippen LogP contribution >= 0.6 is 0 Å². The third-order valence-electron chi connectivity index (χ3n) is 8.68. The van der Waals surface area contributed by atoms with E-state index in [-0.39, 0.29) is 54.5 Å². The number of carbonyl (C=O) groups excluding carboxylic acids is 1. The lowest BCUT2D eigenvalue weighted by atomic mass is 9.53. The molecule has 3 saturated carbocycles. The predicted octanol–water partition coefficient (Wildman–Crippen LogP) is 1.87. The van der Waals surface area contributed by atoms with Gasteiger partial charge < -0.3 is 5.32 Å². The molecule has 2 saturated heterocycles. The van der Waals surface area contributed by atoms with Crippen LogP contribution in [-0.2, 0) is 4.79 Å². The van der Waals surface area contributed by atoms with Gasteiger partial charge in [-0.2, -0.15) is 0 Å². The largest absolute Gasteiger partial charge is 0.352 e. The Hall–Kier alpha value is -0.870. The summed E-state index contributed by atoms with van der Waals surface area (Å²) < 4.78 is 28.2. The van der Waals surface area contributed by atoms with Crippen molar-refractivity contribution in [2.75, 3.05) is 13.7 Å². The van der Waals surface area contributed by atoms with Crippen molar-refractivity contribution in [2.24, 2.45) is 17.3 Å². The van der Waals surface area contributed by atoms with Gasteiger partial charge in [0.2, 0.25) is 11.8 Å². The number of carbonyl (C=O) groups is 1. The quantitative estimate of drug-likeness (QED) is 0.422. The first-order valence-corrected chi connectivity index (χ1v) is 12.6. The van der Waals surface area contributed by atoms with Crippen molar-refractivity contribution in [3.05, 3.63) is 0 Å². The molecule has 2 aliphatic heterocycles. The van der Waals surface area contributed by atoms with Crippen LogP contribution in [0.15, 0.2) is 0 Å². The number of rotatable bonds is 6. The van der Waals surface area contributed by atoms with Gasteiger partial charge in [-0.3, -0.25) is 20.3 Å². The fraction of sp³-hybridized carbons (Fsp3) is 0.957. The Morgan fingerprint density at radius 2 is 1.91 bits per heavy atom. The zero-order valence-corrected chi connectivity index (χ0v) is 19.4. The molecule has 5 rings (SSSR count). The molecule has 6 unspecified atom stereocenters. The molecule has 6 atom stereocenters. The topological polar surface area (TPSA) is 80.5 Å². The average Bonchev–Trinajstić information content (AvgIpc) is 3.50. The van der Waals surface area contributed by atoms with Gasteiger partial charge >= 0.3 is 0 Å². The summed E-state index contributed by atoms with van der Waals surface area (Å²) in [6.07, 6.45) is 7.99. The molecular weight excluding hydrogens is 414 g/mol. The van der Waals surface area contributed by atoms with Crippen LogP contribution in [0.1, 0.15) is 71.1 Å². The average molecular weight is 455 g/mol. The van der Waals surface area contributed by atoms with Gasteiger partial charge in [-0.25, -0.2) is 19.6 Å². The van der Waals surface area contributed by atoms with Crippen molar-refractivity contribution in [1.82, 2.24) is 31.7 Å². The molecule has 2 heterocycles. The molecule has 182 valence electrons. The van der Waals surface area contributed by atoms with Crippen LogP contribution in [0.3, 0.4) is 0 Å². The molecule has 7 nitrogen and oxygen atoms in total. The summed E-state index contributed by atoms with van der Waals surface area (Å²) in [6.45, 7) is 2.88. The van der Waals surface area contributed by atoms with Crippen molar-refractivity contribution in [1.29, 1.82) is 0 Å². The lowest BCUT2D eigenvalue weighted by molar-refractivity contribution is -0.197. The standard InChI is InChI=1S/C23H40F2N6O/c1-14-8-18(29-20(27-14)15-6-7-15)21(32)28-17-5-3-4-16(9-17)22(11-23(24,25)12-22)10-19-30-26-13-31(19)2/h14-20,26-27,29-30H,3-13H2,1-2H3,(H,28,32). The van der Waals surface area contributed by atoms with Crippen LogP contribution in [0.2, 0.25) is 0 Å². The van der Waals surface area contributed by atoms with Gasteiger partial charge in [-0.15, -0.1) is 0 Å². The highest BCUT2D eigenvalue weighted by atomic mass is 19.3. The monoisotopic (exact) mass is 454 g/mol. The van der Waals surface area contributed by atoms with Crippen LogP contribution in [0, 0.1) is 17.3 Å². The maximum atomic E-state index is 14.1. The van der Waals surface area contributed by atoms with E-state index in [4.69, 9.17) is 0 Å². The fourth-order valence-corrected chi connectivity index (χ4v) is 6.80. The fourth-order valence-electron chi connectivity index (χ4n) is 6.80. The zero-order valence-electron chi connectivity index (χ0n) is 19.4. The van der Waals surface area contributed by atoms with Crippen LogP contribution in [-0.4, -0.2) is 60.9 Å². The SMILES string of the molecule is CC1CC(C(=O)NC2CCCC(C3(CC4NNCN4C)CC(F)(F)C3)C2)NC(C2CC2)N1. The Bertz CT molecular complexity index is 696. The zero-order chi connectivity index (χ0) is 22.5. The lowest BCUT2D eigenvalue weighted by Crippen LogP contribution is -2.63. The number of amides is 1. The maximum absolute atomic E-state index is 14.1. The van der Waals surface area contributed by atoms with E-state index in [1.54, 1.807) is 0 Å². The van der Waals surface area contributed by atoms with E-state index in [2.05, 4.69) is 38.6 Å². The number of hydrogen-bond acceptors (Lipinski definition) is 6. The van der Waals surface area contributed by atoms with Gasteiger partial charge in [0, 0.05) is 24.9 Å². The molecule has 0 aromatic carbocycles. The molecule has 32 heavy (non-hydrogen) atoms. The minimum atomic E-state index is -2.55. The molecule has 9 heteroatoms. The van der Waals surface area contributed by atoms with E-state index < -0.39 is 5.92 Å². The van der Waals surface area contributed by atoms with Crippen molar-refractivity contribution in [3.63, 3.8) is 0 Å². The van der Waals surface area contributed by atoms with Gasteiger partial charge in [-0.1, -0.05) is 6.42 Å². The van der Waals surface area contributed by atoms with Crippen LogP contribution in [0.4, 0.5) is 8.78 Å². The second-order valence-electron chi connectivity index (χ2n) is 11.4. The van der Waals surface area contributed by atoms with Gasteiger partial charge in [0.15, 0.2) is 0 Å². The Labute approximate surface area is 190 Å². The Kier molecular flexibility index (Phi) is 6.24. The summed E-state index contributed by atoms with van der Waals surface area (Å²) in [7, 11) is 2.02. The number of hydrazine groups is 1. The minimum Gasteiger partial charge on any atom is -0.352 e. The summed E-state index contributed by atoms with van der Waals surface area (Å²) >= 11 is 0. The van der Waals surface area contributed by atoms with Crippen LogP contribution in [0.5, 0.6) is 0 Å². The minimum absolute atomic E-state index is 0.0201. The summed E-state index contributed by atoms with van der Waals surface area (Å²) in [4.78, 5) is 15.3. The third-order valence-corrected chi connectivity index (χ3v) is 8.68. The maximum Gasteiger partial charge on any atom is 0.249 e. The second kappa shape index (κ2) is 8.73. The molecule has 3 aliphatic carbocycles. The van der Waals surface area contributed by atoms with E-state index in [1.165, 1.54) is 12.8 Å². The molecule has 5 N–H and O–H groups in total. The Morgan fingerprint density at radius 1 is 1.12 bits per heavy atom. The lowest BCUT2D eigenvalue weighted by Gasteiger charge is -2.55. The summed E-state index contributed by atoms with van der Waals surface area (Å²) in [5, 5.41) is 10.4. The van der Waals surface area contributed by atoms with Crippen molar-refractivity contribution in [2.45, 2.75) is 108 Å². The first kappa shape index (κ1) is 22.9. The highest BCUT2D eigenvalue weighted by molar-refractivity contribution is 5.82. The Balaban J connectivity index is 1.20. The van der Waals surface area contributed by atoms with Gasteiger partial charge in [-0.05, 0) is 76.2 Å². The summed E-state index contributed by atoms with van der Waals surface area (Å²) in [5.74, 6) is -1.59. The molecule has 5 aliphatic rings. The number of nitrogens with one attached hydrogen (secondary N) is 5. The van der Waals surface area contributed by atoms with E-state index in [0.717, 1.165) is 45.2 Å². The predicted molar refractivity (Wildman–Crippen MR) is 118 cm³/mol. The first-order chi connectivity index (χ1) is 15.2. The molecule has 0 aromatic heterocycles. The molecular formula is C23H40F2N6O. The van der Waals surface area contributed by atoms with Gasteiger partial charge in [0.1, 0.15) is 0 Å². The number of alkyl halides is 2. The van der Waals surface area contributed by atoms with Crippen LogP contribution in [0.25, 0.3) is 0 Å². The molecule has 0 spiro atoms. The molecule has 0 aromatic rings. The normalized spacial score (nSPS) is 41.8. The summed E-state index contributed by atoms with van der Waals surface area (Å²) in [6, 6.07) is 0.245. The number of hydrogen-bond donors (Lipinski definition) is 5. The molecule has 5 fully saturated rings. The molecule has 0 radical (unpaired) electrons. The highest BCUT2D eigenvalue weighted by Crippen LogP contribution is 2.61. The second-order valence-corrected chi connectivity index (χ2v) is 11.4. The smallest absolute Gasteiger partial charge is 0.249 e. The van der Waals surface area contributed by atoms with Crippen molar-refractivity contribution < 1.29 is 13.6 Å². The Morgan fingerprint density at radius 3 is 2.56 bits per heavy atom. The number of nitrogens with zero attached hydrogens (tertiary/aromatic N) is 1. The first-order valence-electron chi connectivity index (χ1n) is 12.6.